The van der Waals surface area contributed by atoms with Crippen molar-refractivity contribution in [2.24, 2.45) is 22.1 Å². The molecule has 0 aromatic heterocycles. The summed E-state index contributed by atoms with van der Waals surface area (Å²) in [5, 5.41) is 0.769. The van der Waals surface area contributed by atoms with E-state index in [4.69, 9.17) is 16.3 Å². The molecule has 0 N–H and O–H groups in total. The highest BCUT2D eigenvalue weighted by atomic mass is 35.5. The minimum absolute atomic E-state index is 0.234. The topological polar surface area (TPSA) is 59.0 Å². The van der Waals surface area contributed by atoms with Gasteiger partial charge in [0.15, 0.2) is 0 Å². The third-order valence-corrected chi connectivity index (χ3v) is 9.35. The summed E-state index contributed by atoms with van der Waals surface area (Å²) in [6.45, 7) is 6.59. The van der Waals surface area contributed by atoms with Gasteiger partial charge in [-0.25, -0.2) is 0 Å². The van der Waals surface area contributed by atoms with Gasteiger partial charge in [-0.2, -0.15) is 4.36 Å². The van der Waals surface area contributed by atoms with Crippen molar-refractivity contribution < 1.29 is 13.7 Å². The van der Waals surface area contributed by atoms with Gasteiger partial charge in [-0.05, 0) is 106 Å². The molecule has 2 aromatic rings. The standard InChI is InChI=1S/C31H41ClN2O3S/c1-3-34-21-27-15-14-25(27)12-5-4-9-23(2)22-38(36)33-31(35)26-16-17-30(29(34)20-26)37-18-7-6-10-24-11-8-13-28(32)19-24/h4-5,8,11,13,16-17,19-20,23,25,27,38H,3,6-7,9-10,12,14-15,18,21-22H2,1-2H3/b5-4+/t23-,25+,27-/m0/s1. The number of halogens is 1. The maximum Gasteiger partial charge on any atom is 0.284 e. The number of rotatable bonds is 7. The van der Waals surface area contributed by atoms with Crippen molar-refractivity contribution in [3.05, 3.63) is 70.8 Å². The minimum Gasteiger partial charge on any atom is -0.491 e. The molecule has 1 heterocycles. The minimum atomic E-state index is -1.93. The van der Waals surface area contributed by atoms with Crippen molar-refractivity contribution in [3.63, 3.8) is 0 Å². The van der Waals surface area contributed by atoms with Gasteiger partial charge in [-0.1, -0.05) is 42.8 Å². The van der Waals surface area contributed by atoms with Gasteiger partial charge in [-0.15, -0.1) is 0 Å². The van der Waals surface area contributed by atoms with E-state index in [1.807, 2.05) is 30.3 Å². The molecule has 38 heavy (non-hydrogen) atoms. The largest absolute Gasteiger partial charge is 0.491 e. The third-order valence-electron chi connectivity index (χ3n) is 7.78. The molecule has 0 radical (unpaired) electrons. The van der Waals surface area contributed by atoms with Crippen molar-refractivity contribution in [2.45, 2.75) is 58.8 Å². The van der Waals surface area contributed by atoms with Crippen LogP contribution in [0.15, 0.2) is 59.0 Å². The van der Waals surface area contributed by atoms with Crippen LogP contribution in [0.25, 0.3) is 0 Å². The smallest absolute Gasteiger partial charge is 0.284 e. The number of allylic oxidation sites excluding steroid dienone is 2. The maximum absolute atomic E-state index is 12.9. The predicted molar refractivity (Wildman–Crippen MR) is 159 cm³/mol. The van der Waals surface area contributed by atoms with E-state index in [1.165, 1.54) is 18.4 Å². The SMILES string of the molecule is CCN1C[C@@H]2CC[C@H]2C/C=C/C[C@H](C)C/[SH](=O)=N\C(=O)c2ccc(OCCCCc3cccc(Cl)c3)c1c2. The van der Waals surface area contributed by atoms with E-state index in [-0.39, 0.29) is 5.92 Å². The summed E-state index contributed by atoms with van der Waals surface area (Å²) in [4.78, 5) is 15.3. The lowest BCUT2D eigenvalue weighted by Crippen LogP contribution is -2.38. The zero-order valence-electron chi connectivity index (χ0n) is 22.7. The number of carbonyl (C=O) groups is 1. The molecule has 206 valence electrons. The van der Waals surface area contributed by atoms with E-state index in [1.54, 1.807) is 6.07 Å². The summed E-state index contributed by atoms with van der Waals surface area (Å²) in [6.07, 6.45) is 11.9. The monoisotopic (exact) mass is 556 g/mol. The van der Waals surface area contributed by atoms with Gasteiger partial charge in [0.1, 0.15) is 5.75 Å². The first-order valence-electron chi connectivity index (χ1n) is 14.0. The van der Waals surface area contributed by atoms with Crippen LogP contribution in [0.1, 0.15) is 68.3 Å². The molecule has 1 saturated carbocycles. The van der Waals surface area contributed by atoms with E-state index in [0.29, 0.717) is 29.8 Å². The molecule has 1 amide bonds. The van der Waals surface area contributed by atoms with Crippen LogP contribution in [0.3, 0.4) is 0 Å². The van der Waals surface area contributed by atoms with Crippen LogP contribution in [0.5, 0.6) is 5.75 Å². The first-order chi connectivity index (χ1) is 18.4. The summed E-state index contributed by atoms with van der Waals surface area (Å²) >= 11 is 6.11. The number of hydrogen-bond donors (Lipinski definition) is 1. The van der Waals surface area contributed by atoms with Crippen LogP contribution < -0.4 is 9.64 Å². The molecule has 4 rings (SSSR count). The Kier molecular flexibility index (Phi) is 10.7. The molecule has 2 aromatic carbocycles. The Balaban J connectivity index is 1.51. The molecule has 1 unspecified atom stereocenters. The molecule has 1 fully saturated rings. The molecule has 5 nitrogen and oxygen atoms in total. The summed E-state index contributed by atoms with van der Waals surface area (Å²) < 4.78 is 22.9. The number of fused-ring (bicyclic) bond motifs is 3. The number of aryl methyl sites for hydroxylation is 1. The molecule has 2 aliphatic rings. The summed E-state index contributed by atoms with van der Waals surface area (Å²) in [5.74, 6) is 2.37. The number of ether oxygens (including phenoxy) is 1. The van der Waals surface area contributed by atoms with Crippen LogP contribution >= 0.6 is 11.6 Å². The Morgan fingerprint density at radius 2 is 1.89 bits per heavy atom. The second-order valence-corrected chi connectivity index (χ2v) is 12.4. The average Bonchev–Trinajstić information content (AvgIpc) is 2.88. The molecule has 1 aliphatic heterocycles. The van der Waals surface area contributed by atoms with Crippen molar-refractivity contribution in [2.75, 3.05) is 30.3 Å². The molecular weight excluding hydrogens is 516 g/mol. The van der Waals surface area contributed by atoms with Gasteiger partial charge in [0, 0.05) is 40.0 Å². The lowest BCUT2D eigenvalue weighted by Gasteiger charge is -2.40. The Morgan fingerprint density at radius 3 is 2.66 bits per heavy atom. The quantitative estimate of drug-likeness (QED) is 0.219. The van der Waals surface area contributed by atoms with E-state index >= 15 is 0 Å². The zero-order valence-corrected chi connectivity index (χ0v) is 24.3. The van der Waals surface area contributed by atoms with E-state index in [0.717, 1.165) is 61.7 Å². The van der Waals surface area contributed by atoms with E-state index in [2.05, 4.69) is 41.3 Å². The van der Waals surface area contributed by atoms with Crippen molar-refractivity contribution in [3.8, 4) is 5.75 Å². The first kappa shape index (κ1) is 28.7. The fraction of sp³-hybridized carbons (Fsp3) is 0.516. The lowest BCUT2D eigenvalue weighted by molar-refractivity contribution is 0.100. The molecule has 0 spiro atoms. The Labute approximate surface area is 234 Å². The highest BCUT2D eigenvalue weighted by Crippen LogP contribution is 2.40. The van der Waals surface area contributed by atoms with Gasteiger partial charge in [0.05, 0.1) is 12.3 Å². The highest BCUT2D eigenvalue weighted by Gasteiger charge is 2.31. The molecular formula is C31H41ClN2O3S. The molecule has 1 aliphatic carbocycles. The van der Waals surface area contributed by atoms with Gasteiger partial charge < -0.3 is 9.64 Å². The lowest BCUT2D eigenvalue weighted by atomic mass is 9.71. The Morgan fingerprint density at radius 1 is 1.08 bits per heavy atom. The average molecular weight is 557 g/mol. The number of unbranched alkanes of at least 4 members (excludes halogenated alkanes) is 1. The Bertz CT molecular complexity index is 1210. The van der Waals surface area contributed by atoms with E-state index < -0.39 is 16.5 Å². The third kappa shape index (κ3) is 8.09. The number of carbonyl (C=O) groups excluding carboxylic acids is 1. The zero-order chi connectivity index (χ0) is 26.9. The number of amides is 1. The van der Waals surface area contributed by atoms with E-state index in [9.17, 15) is 9.00 Å². The van der Waals surface area contributed by atoms with Crippen molar-refractivity contribution >= 4 is 33.8 Å². The number of thiol groups is 1. The fourth-order valence-corrected chi connectivity index (χ4v) is 6.63. The molecule has 4 atom stereocenters. The van der Waals surface area contributed by atoms with Crippen LogP contribution in [-0.2, 0) is 17.0 Å². The predicted octanol–water partition coefficient (Wildman–Crippen LogP) is 7.39. The number of benzene rings is 2. The molecule has 2 bridgehead atoms. The normalized spacial score (nSPS) is 25.6. The van der Waals surface area contributed by atoms with Crippen LogP contribution in [0, 0.1) is 17.8 Å². The van der Waals surface area contributed by atoms with Crippen molar-refractivity contribution in [1.82, 2.24) is 0 Å². The summed E-state index contributed by atoms with van der Waals surface area (Å²) in [5.41, 5.74) is 2.64. The second-order valence-electron chi connectivity index (χ2n) is 10.7. The van der Waals surface area contributed by atoms with Gasteiger partial charge in [0.25, 0.3) is 5.91 Å². The number of hydrogen-bond acceptors (Lipinski definition) is 4. The highest BCUT2D eigenvalue weighted by molar-refractivity contribution is 7.75. The fourth-order valence-electron chi connectivity index (χ4n) is 5.34. The first-order valence-corrected chi connectivity index (χ1v) is 15.8. The summed E-state index contributed by atoms with van der Waals surface area (Å²) in [6, 6.07) is 13.5. The number of anilines is 1. The van der Waals surface area contributed by atoms with Gasteiger partial charge in [0.2, 0.25) is 0 Å². The van der Waals surface area contributed by atoms with Crippen molar-refractivity contribution in [1.29, 1.82) is 0 Å². The summed E-state index contributed by atoms with van der Waals surface area (Å²) in [7, 11) is -1.93. The number of nitrogens with zero attached hydrogens (tertiary/aromatic N) is 2. The van der Waals surface area contributed by atoms with Gasteiger partial charge in [-0.3, -0.25) is 9.00 Å². The van der Waals surface area contributed by atoms with Crippen LogP contribution in [-0.4, -0.2) is 35.6 Å². The van der Waals surface area contributed by atoms with Crippen LogP contribution in [0.2, 0.25) is 5.02 Å². The molecule has 0 saturated heterocycles. The second kappa shape index (κ2) is 14.2. The van der Waals surface area contributed by atoms with Gasteiger partial charge >= 0.3 is 0 Å². The molecule has 7 heteroatoms. The maximum atomic E-state index is 12.9. The van der Waals surface area contributed by atoms with Crippen LogP contribution in [0.4, 0.5) is 5.69 Å². The Hall–Kier alpha value is -2.31.